The van der Waals surface area contributed by atoms with Gasteiger partial charge >= 0.3 is 0 Å². The maximum Gasteiger partial charge on any atom is 0.246 e. The molecule has 106 valence electrons. The van der Waals surface area contributed by atoms with E-state index in [1.165, 1.54) is 0 Å². The first-order valence-corrected chi connectivity index (χ1v) is 7.16. The van der Waals surface area contributed by atoms with E-state index in [9.17, 15) is 9.18 Å². The van der Waals surface area contributed by atoms with Gasteiger partial charge in [0, 0.05) is 13.0 Å². The number of fused-ring (bicyclic) bond motifs is 4. The number of allylic oxidation sites excluding steroid dienone is 2. The molecule has 0 spiro atoms. The van der Waals surface area contributed by atoms with Crippen molar-refractivity contribution in [3.05, 3.63) is 22.0 Å². The Bertz CT molecular complexity index is 431. The maximum atomic E-state index is 14.0. The standard InChI is InChI=1S/C14H19ClFNO2/c1-2-6-17-12(18)8-19-11-7-9-4-3-5-10(11)14(16)13(9)15/h11H,2-8H2,1H3,(H,17,18). The molecule has 0 saturated heterocycles. The fraction of sp³-hybridized carbons (Fsp3) is 0.643. The van der Waals surface area contributed by atoms with Crippen molar-refractivity contribution < 1.29 is 13.9 Å². The van der Waals surface area contributed by atoms with Crippen molar-refractivity contribution in [3.63, 3.8) is 0 Å². The van der Waals surface area contributed by atoms with E-state index in [4.69, 9.17) is 16.3 Å². The molecule has 0 radical (unpaired) electrons. The van der Waals surface area contributed by atoms with Crippen molar-refractivity contribution >= 4 is 17.5 Å². The predicted octanol–water partition coefficient (Wildman–Crippen LogP) is 3.20. The first kappa shape index (κ1) is 14.5. The minimum absolute atomic E-state index is 0.0215. The van der Waals surface area contributed by atoms with Gasteiger partial charge in [-0.05, 0) is 36.8 Å². The van der Waals surface area contributed by atoms with E-state index >= 15 is 0 Å². The zero-order valence-electron chi connectivity index (χ0n) is 11.1. The van der Waals surface area contributed by atoms with Crippen molar-refractivity contribution in [1.82, 2.24) is 5.32 Å². The molecular weight excluding hydrogens is 269 g/mol. The molecule has 3 rings (SSSR count). The lowest BCUT2D eigenvalue weighted by atomic mass is 9.96. The summed E-state index contributed by atoms with van der Waals surface area (Å²) in [5, 5.41) is 3.01. The molecule has 3 aliphatic carbocycles. The van der Waals surface area contributed by atoms with Crippen LogP contribution >= 0.6 is 11.6 Å². The summed E-state index contributed by atoms with van der Waals surface area (Å²) >= 11 is 5.98. The van der Waals surface area contributed by atoms with E-state index in [2.05, 4.69) is 5.32 Å². The van der Waals surface area contributed by atoms with Crippen LogP contribution in [0.3, 0.4) is 0 Å². The summed E-state index contributed by atoms with van der Waals surface area (Å²) in [5.41, 5.74) is 1.54. The average Bonchev–Trinajstić information content (AvgIpc) is 2.69. The Balaban J connectivity index is 1.95. The third kappa shape index (κ3) is 3.37. The average molecular weight is 288 g/mol. The van der Waals surface area contributed by atoms with Gasteiger partial charge in [0.05, 0.1) is 11.1 Å². The molecule has 1 saturated carbocycles. The van der Waals surface area contributed by atoms with Crippen LogP contribution in [0.4, 0.5) is 4.39 Å². The van der Waals surface area contributed by atoms with Gasteiger partial charge in [-0.2, -0.15) is 0 Å². The predicted molar refractivity (Wildman–Crippen MR) is 72.5 cm³/mol. The highest BCUT2D eigenvalue weighted by atomic mass is 35.5. The van der Waals surface area contributed by atoms with Crippen LogP contribution in [0, 0.1) is 0 Å². The van der Waals surface area contributed by atoms with Gasteiger partial charge in [-0.25, -0.2) is 4.39 Å². The monoisotopic (exact) mass is 287 g/mol. The largest absolute Gasteiger partial charge is 0.364 e. The van der Waals surface area contributed by atoms with E-state index in [1.54, 1.807) is 0 Å². The zero-order valence-corrected chi connectivity index (χ0v) is 11.9. The molecule has 0 aromatic heterocycles. The number of hydrogen-bond donors (Lipinski definition) is 1. The maximum absolute atomic E-state index is 14.0. The topological polar surface area (TPSA) is 38.3 Å². The van der Waals surface area contributed by atoms with E-state index in [0.717, 1.165) is 24.8 Å². The number of carbonyl (C=O) groups is 1. The second kappa shape index (κ2) is 6.53. The summed E-state index contributed by atoms with van der Waals surface area (Å²) in [4.78, 5) is 11.5. The Labute approximate surface area is 117 Å². The Morgan fingerprint density at radius 1 is 1.53 bits per heavy atom. The Hall–Kier alpha value is -0.870. The molecule has 0 aromatic rings. The molecule has 2 bridgehead atoms. The molecule has 1 atom stereocenters. The summed E-state index contributed by atoms with van der Waals surface area (Å²) in [6, 6.07) is 0. The first-order valence-electron chi connectivity index (χ1n) is 6.78. The van der Waals surface area contributed by atoms with Gasteiger partial charge in [0.15, 0.2) is 0 Å². The van der Waals surface area contributed by atoms with E-state index < -0.39 is 0 Å². The summed E-state index contributed by atoms with van der Waals surface area (Å²) in [6.45, 7) is 2.60. The number of ether oxygens (including phenoxy) is 1. The van der Waals surface area contributed by atoms with Gasteiger partial charge in [0.2, 0.25) is 5.91 Å². The summed E-state index contributed by atoms with van der Waals surface area (Å²) in [7, 11) is 0. The molecule has 1 unspecified atom stereocenters. The number of hydrogen-bond acceptors (Lipinski definition) is 2. The summed E-state index contributed by atoms with van der Waals surface area (Å²) in [5.74, 6) is -0.484. The Kier molecular flexibility index (Phi) is 4.99. The van der Waals surface area contributed by atoms with Crippen molar-refractivity contribution in [2.75, 3.05) is 13.2 Å². The molecule has 1 fully saturated rings. The number of carbonyl (C=O) groups excluding carboxylic acids is 1. The second-order valence-electron chi connectivity index (χ2n) is 4.96. The van der Waals surface area contributed by atoms with Gasteiger partial charge in [-0.1, -0.05) is 18.5 Å². The van der Waals surface area contributed by atoms with Crippen LogP contribution in [0.25, 0.3) is 0 Å². The van der Waals surface area contributed by atoms with Gasteiger partial charge in [0.25, 0.3) is 0 Å². The molecule has 0 heterocycles. The minimum Gasteiger partial charge on any atom is -0.364 e. The quantitative estimate of drug-likeness (QED) is 0.843. The molecule has 1 amide bonds. The fourth-order valence-electron chi connectivity index (χ4n) is 2.50. The van der Waals surface area contributed by atoms with Crippen LogP contribution in [0.1, 0.15) is 39.0 Å². The third-order valence-corrected chi connectivity index (χ3v) is 3.95. The van der Waals surface area contributed by atoms with E-state index in [1.807, 2.05) is 6.92 Å². The van der Waals surface area contributed by atoms with Crippen molar-refractivity contribution in [1.29, 1.82) is 0 Å². The first-order chi connectivity index (χ1) is 9.13. The smallest absolute Gasteiger partial charge is 0.246 e. The molecule has 1 N–H and O–H groups in total. The SMILES string of the molecule is CCCNC(=O)COC1CC2=C(Cl)C(F)=C1CCC2. The third-order valence-electron chi connectivity index (χ3n) is 3.52. The highest BCUT2D eigenvalue weighted by Crippen LogP contribution is 2.42. The lowest BCUT2D eigenvalue weighted by Gasteiger charge is -2.24. The van der Waals surface area contributed by atoms with Crippen LogP contribution < -0.4 is 5.32 Å². The normalized spacial score (nSPS) is 22.8. The van der Waals surface area contributed by atoms with Crippen molar-refractivity contribution in [2.45, 2.75) is 45.1 Å². The van der Waals surface area contributed by atoms with Crippen LogP contribution in [-0.2, 0) is 9.53 Å². The van der Waals surface area contributed by atoms with Gasteiger partial charge < -0.3 is 10.1 Å². The summed E-state index contributed by atoms with van der Waals surface area (Å²) in [6.07, 6.45) is 3.55. The van der Waals surface area contributed by atoms with Crippen LogP contribution in [0.15, 0.2) is 22.0 Å². The molecule has 19 heavy (non-hydrogen) atoms. The Morgan fingerprint density at radius 2 is 2.32 bits per heavy atom. The zero-order chi connectivity index (χ0) is 13.8. The fourth-order valence-corrected chi connectivity index (χ4v) is 2.79. The summed E-state index contributed by atoms with van der Waals surface area (Å²) < 4.78 is 19.6. The van der Waals surface area contributed by atoms with Crippen LogP contribution in [-0.4, -0.2) is 25.2 Å². The molecule has 5 heteroatoms. The van der Waals surface area contributed by atoms with Crippen molar-refractivity contribution in [3.8, 4) is 0 Å². The molecule has 3 aliphatic rings. The second-order valence-corrected chi connectivity index (χ2v) is 5.34. The van der Waals surface area contributed by atoms with E-state index in [-0.39, 0.29) is 29.5 Å². The van der Waals surface area contributed by atoms with Gasteiger partial charge in [-0.3, -0.25) is 4.79 Å². The molecule has 0 aliphatic heterocycles. The number of amides is 1. The Morgan fingerprint density at radius 3 is 3.05 bits per heavy atom. The number of nitrogens with one attached hydrogen (secondary N) is 1. The van der Waals surface area contributed by atoms with Crippen LogP contribution in [0.5, 0.6) is 0 Å². The molecular formula is C14H19ClFNO2. The highest BCUT2D eigenvalue weighted by Gasteiger charge is 2.32. The number of rotatable bonds is 5. The molecule has 3 nitrogen and oxygen atoms in total. The lowest BCUT2D eigenvalue weighted by molar-refractivity contribution is -0.127. The van der Waals surface area contributed by atoms with Gasteiger partial charge in [-0.15, -0.1) is 0 Å². The highest BCUT2D eigenvalue weighted by molar-refractivity contribution is 6.32. The molecule has 0 aromatic carbocycles. The lowest BCUT2D eigenvalue weighted by Crippen LogP contribution is -2.31. The van der Waals surface area contributed by atoms with E-state index in [0.29, 0.717) is 25.0 Å². The van der Waals surface area contributed by atoms with Gasteiger partial charge in [0.1, 0.15) is 12.4 Å². The number of halogens is 2. The van der Waals surface area contributed by atoms with Crippen LogP contribution in [0.2, 0.25) is 0 Å². The minimum atomic E-state index is -0.334. The van der Waals surface area contributed by atoms with Crippen molar-refractivity contribution in [2.24, 2.45) is 0 Å².